The second-order valence-electron chi connectivity index (χ2n) is 4.06. The number of carbonyl (C=O) groups excluding carboxylic acids is 2. The maximum Gasteiger partial charge on any atom is 0.356 e. The molecular weight excluding hydrogens is 336 g/mol. The van der Waals surface area contributed by atoms with E-state index in [4.69, 9.17) is 46.4 Å². The van der Waals surface area contributed by atoms with Gasteiger partial charge in [0, 0.05) is 12.2 Å². The summed E-state index contributed by atoms with van der Waals surface area (Å²) in [6, 6.07) is 0. The van der Waals surface area contributed by atoms with Crippen molar-refractivity contribution in [2.24, 2.45) is 0 Å². The van der Waals surface area contributed by atoms with Gasteiger partial charge in [-0.3, -0.25) is 4.79 Å². The first-order valence-corrected chi connectivity index (χ1v) is 6.91. The van der Waals surface area contributed by atoms with Gasteiger partial charge in [0.25, 0.3) is 3.79 Å². The van der Waals surface area contributed by atoms with Crippen molar-refractivity contribution in [3.63, 3.8) is 0 Å². The standard InChI is InChI=1S/C11H9Cl4NO3/c1-19-10(18)8-7(12)6(9(17)11(13,14)15)5-3-2-4-16(5)8/h2-4H2,1H3. The lowest BCUT2D eigenvalue weighted by molar-refractivity contribution is 0.0589. The second-order valence-corrected chi connectivity index (χ2v) is 6.72. The van der Waals surface area contributed by atoms with Gasteiger partial charge < -0.3 is 9.30 Å². The van der Waals surface area contributed by atoms with Crippen LogP contribution in [0, 0.1) is 0 Å². The molecule has 2 heterocycles. The van der Waals surface area contributed by atoms with Gasteiger partial charge in [-0.1, -0.05) is 46.4 Å². The SMILES string of the molecule is COC(=O)c1c(Cl)c(C(=O)C(Cl)(Cl)Cl)c2n1CCC2. The van der Waals surface area contributed by atoms with Gasteiger partial charge in [0.05, 0.1) is 17.7 Å². The van der Waals surface area contributed by atoms with Crippen LogP contribution in [-0.4, -0.2) is 27.2 Å². The van der Waals surface area contributed by atoms with E-state index in [1.807, 2.05) is 0 Å². The molecule has 0 aromatic carbocycles. The monoisotopic (exact) mass is 343 g/mol. The first-order valence-electron chi connectivity index (χ1n) is 5.39. The normalized spacial score (nSPS) is 14.4. The number of esters is 1. The van der Waals surface area contributed by atoms with E-state index < -0.39 is 15.5 Å². The van der Waals surface area contributed by atoms with Crippen LogP contribution in [0.5, 0.6) is 0 Å². The molecule has 0 saturated carbocycles. The maximum absolute atomic E-state index is 12.1. The molecule has 0 bridgehead atoms. The molecule has 19 heavy (non-hydrogen) atoms. The second kappa shape index (κ2) is 5.17. The van der Waals surface area contributed by atoms with Crippen LogP contribution in [0.1, 0.15) is 33.0 Å². The third kappa shape index (κ3) is 2.47. The van der Waals surface area contributed by atoms with E-state index in [2.05, 4.69) is 4.74 Å². The zero-order valence-corrected chi connectivity index (χ0v) is 12.8. The number of ether oxygens (including phenoxy) is 1. The van der Waals surface area contributed by atoms with E-state index in [0.717, 1.165) is 6.42 Å². The molecule has 0 atom stereocenters. The number of nitrogens with zero attached hydrogens (tertiary/aromatic N) is 1. The Hall–Kier alpha value is -0.420. The zero-order chi connectivity index (χ0) is 14.4. The molecule has 1 aromatic heterocycles. The first kappa shape index (κ1) is 15.0. The van der Waals surface area contributed by atoms with Crippen molar-refractivity contribution in [1.29, 1.82) is 0 Å². The molecule has 8 heteroatoms. The average molecular weight is 345 g/mol. The summed E-state index contributed by atoms with van der Waals surface area (Å²) in [4.78, 5) is 23.9. The lowest BCUT2D eigenvalue weighted by Gasteiger charge is -2.09. The Morgan fingerprint density at radius 1 is 1.32 bits per heavy atom. The van der Waals surface area contributed by atoms with Crippen molar-refractivity contribution in [3.8, 4) is 0 Å². The number of carbonyl (C=O) groups is 2. The van der Waals surface area contributed by atoms with Crippen LogP contribution in [0.2, 0.25) is 5.02 Å². The van der Waals surface area contributed by atoms with Crippen molar-refractivity contribution in [2.75, 3.05) is 7.11 Å². The number of aromatic nitrogens is 1. The number of rotatable bonds is 2. The van der Waals surface area contributed by atoms with Gasteiger partial charge in [0.15, 0.2) is 0 Å². The topological polar surface area (TPSA) is 48.3 Å². The highest BCUT2D eigenvalue weighted by molar-refractivity contribution is 6.77. The summed E-state index contributed by atoms with van der Waals surface area (Å²) in [6.45, 7) is 0.576. The Morgan fingerprint density at radius 3 is 2.47 bits per heavy atom. The molecule has 1 aliphatic heterocycles. The number of hydrogen-bond donors (Lipinski definition) is 0. The summed E-state index contributed by atoms with van der Waals surface area (Å²) in [5.41, 5.74) is 0.843. The van der Waals surface area contributed by atoms with Crippen LogP contribution >= 0.6 is 46.4 Å². The number of hydrogen-bond acceptors (Lipinski definition) is 3. The largest absolute Gasteiger partial charge is 0.464 e. The predicted octanol–water partition coefficient (Wildman–Crippen LogP) is 3.43. The Morgan fingerprint density at radius 2 is 1.95 bits per heavy atom. The molecule has 4 nitrogen and oxygen atoms in total. The summed E-state index contributed by atoms with van der Waals surface area (Å²) in [7, 11) is 1.24. The van der Waals surface area contributed by atoms with Crippen molar-refractivity contribution >= 4 is 58.2 Å². The molecule has 0 aliphatic carbocycles. The molecule has 0 N–H and O–H groups in total. The van der Waals surface area contributed by atoms with Crippen LogP contribution in [0.3, 0.4) is 0 Å². The molecule has 0 radical (unpaired) electrons. The summed E-state index contributed by atoms with van der Waals surface area (Å²) in [5, 5.41) is -0.0159. The number of ketones is 1. The van der Waals surface area contributed by atoms with E-state index in [1.54, 1.807) is 4.57 Å². The number of alkyl halides is 3. The fourth-order valence-corrected chi connectivity index (χ4v) is 2.87. The molecule has 0 fully saturated rings. The molecule has 1 aromatic rings. The number of fused-ring (bicyclic) bond motifs is 1. The van der Waals surface area contributed by atoms with Crippen LogP contribution in [-0.2, 0) is 17.7 Å². The first-order chi connectivity index (χ1) is 8.79. The van der Waals surface area contributed by atoms with Gasteiger partial charge in [-0.15, -0.1) is 0 Å². The van der Waals surface area contributed by atoms with Crippen LogP contribution < -0.4 is 0 Å². The molecule has 2 rings (SSSR count). The third-order valence-electron chi connectivity index (χ3n) is 2.97. The van der Waals surface area contributed by atoms with Crippen LogP contribution in [0.25, 0.3) is 0 Å². The Balaban J connectivity index is 2.64. The number of halogens is 4. The van der Waals surface area contributed by atoms with Crippen molar-refractivity contribution < 1.29 is 14.3 Å². The van der Waals surface area contributed by atoms with Crippen molar-refractivity contribution in [3.05, 3.63) is 22.0 Å². The van der Waals surface area contributed by atoms with Crippen molar-refractivity contribution in [2.45, 2.75) is 23.2 Å². The zero-order valence-electron chi connectivity index (χ0n) is 9.81. The Labute approximate surface area is 129 Å². The van der Waals surface area contributed by atoms with E-state index in [-0.39, 0.29) is 16.3 Å². The lowest BCUT2D eigenvalue weighted by Crippen LogP contribution is -2.20. The maximum atomic E-state index is 12.1. The van der Waals surface area contributed by atoms with Gasteiger partial charge >= 0.3 is 5.97 Å². The van der Waals surface area contributed by atoms with Gasteiger partial charge in [-0.05, 0) is 12.8 Å². The summed E-state index contributed by atoms with van der Waals surface area (Å²) < 4.78 is 4.21. The van der Waals surface area contributed by atoms with E-state index in [0.29, 0.717) is 18.7 Å². The van der Waals surface area contributed by atoms with Gasteiger partial charge in [-0.2, -0.15) is 0 Å². The van der Waals surface area contributed by atoms with E-state index in [1.165, 1.54) is 7.11 Å². The predicted molar refractivity (Wildman–Crippen MR) is 73.7 cm³/mol. The number of Topliss-reactive ketones (excluding diaryl/α,β-unsaturated/α-hetero) is 1. The summed E-state index contributed by atoms with van der Waals surface area (Å²) in [6.07, 6.45) is 1.38. The Bertz CT molecular complexity index is 559. The summed E-state index contributed by atoms with van der Waals surface area (Å²) in [5.74, 6) is -1.35. The summed E-state index contributed by atoms with van der Waals surface area (Å²) >= 11 is 22.9. The minimum absolute atomic E-state index is 0.0159. The highest BCUT2D eigenvalue weighted by Crippen LogP contribution is 2.39. The molecule has 104 valence electrons. The Kier molecular flexibility index (Phi) is 4.07. The number of methoxy groups -OCH3 is 1. The van der Waals surface area contributed by atoms with Gasteiger partial charge in [-0.25, -0.2) is 4.79 Å². The highest BCUT2D eigenvalue weighted by atomic mass is 35.6. The quantitative estimate of drug-likeness (QED) is 0.469. The van der Waals surface area contributed by atoms with Crippen LogP contribution in [0.15, 0.2) is 0 Å². The molecular formula is C11H9Cl4NO3. The molecule has 0 saturated heterocycles. The van der Waals surface area contributed by atoms with Gasteiger partial charge in [0.1, 0.15) is 5.69 Å². The minimum atomic E-state index is -2.11. The smallest absolute Gasteiger partial charge is 0.356 e. The average Bonchev–Trinajstić information content (AvgIpc) is 2.85. The lowest BCUT2D eigenvalue weighted by atomic mass is 10.1. The van der Waals surface area contributed by atoms with Crippen LogP contribution in [0.4, 0.5) is 0 Å². The fourth-order valence-electron chi connectivity index (χ4n) is 2.21. The molecule has 1 aliphatic rings. The molecule has 0 spiro atoms. The molecule has 0 amide bonds. The third-order valence-corrected chi connectivity index (χ3v) is 3.85. The highest BCUT2D eigenvalue weighted by Gasteiger charge is 2.40. The van der Waals surface area contributed by atoms with E-state index in [9.17, 15) is 9.59 Å². The van der Waals surface area contributed by atoms with E-state index >= 15 is 0 Å². The minimum Gasteiger partial charge on any atom is -0.464 e. The van der Waals surface area contributed by atoms with Crippen molar-refractivity contribution in [1.82, 2.24) is 4.57 Å². The fraction of sp³-hybridized carbons (Fsp3) is 0.455. The molecule has 0 unspecified atom stereocenters. The van der Waals surface area contributed by atoms with Gasteiger partial charge in [0.2, 0.25) is 5.78 Å².